The molecule has 0 aliphatic carbocycles. The Kier molecular flexibility index (Phi) is 4.74. The summed E-state index contributed by atoms with van der Waals surface area (Å²) in [6, 6.07) is 4.58. The summed E-state index contributed by atoms with van der Waals surface area (Å²) in [4.78, 5) is 11.3. The lowest BCUT2D eigenvalue weighted by atomic mass is 10.1. The van der Waals surface area contributed by atoms with Gasteiger partial charge in [-0.25, -0.2) is 4.79 Å². The van der Waals surface area contributed by atoms with Crippen LogP contribution in [0.5, 0.6) is 5.75 Å². The Balaban J connectivity index is 2.99. The average molecular weight is 236 g/mol. The number of hydrogen-bond donors (Lipinski definition) is 2. The third kappa shape index (κ3) is 3.21. The quantitative estimate of drug-likeness (QED) is 0.468. The molecule has 0 amide bonds. The Morgan fingerprint density at radius 2 is 2.31 bits per heavy atom. The van der Waals surface area contributed by atoms with Gasteiger partial charge in [0, 0.05) is 17.7 Å². The number of hydrogen-bond acceptors (Lipinski definition) is 4. The van der Waals surface area contributed by atoms with Gasteiger partial charge in [-0.15, -0.1) is 0 Å². The molecule has 16 heavy (non-hydrogen) atoms. The number of phenols is 1. The minimum absolute atomic E-state index is 0.105. The van der Waals surface area contributed by atoms with Crippen LogP contribution in [0.4, 0.5) is 0 Å². The summed E-state index contributed by atoms with van der Waals surface area (Å²) in [5.74, 6) is 5.78. The second-order valence-corrected chi connectivity index (χ2v) is 3.45. The Labute approximate surface area is 99.8 Å². The zero-order chi connectivity index (χ0) is 12.0. The molecule has 0 aliphatic rings. The number of ether oxygens (including phenoxy) is 1. The maximum absolute atomic E-state index is 11.3. The molecule has 0 heterocycles. The van der Waals surface area contributed by atoms with E-state index >= 15 is 0 Å². The topological polar surface area (TPSA) is 46.5 Å². The van der Waals surface area contributed by atoms with Crippen LogP contribution < -0.4 is 0 Å². The lowest BCUT2D eigenvalue weighted by Crippen LogP contribution is -2.01. The molecule has 0 atom stereocenters. The van der Waals surface area contributed by atoms with Gasteiger partial charge in [0.25, 0.3) is 0 Å². The predicted octanol–water partition coefficient (Wildman–Crippen LogP) is 1.85. The Morgan fingerprint density at radius 1 is 1.56 bits per heavy atom. The van der Waals surface area contributed by atoms with Crippen molar-refractivity contribution in [2.24, 2.45) is 0 Å². The molecule has 4 heteroatoms. The zero-order valence-corrected chi connectivity index (χ0v) is 9.75. The van der Waals surface area contributed by atoms with Crippen molar-refractivity contribution in [2.75, 3.05) is 12.9 Å². The molecule has 3 nitrogen and oxygen atoms in total. The second-order valence-electron chi connectivity index (χ2n) is 3.00. The summed E-state index contributed by atoms with van der Waals surface area (Å²) in [5, 5.41) is 9.45. The van der Waals surface area contributed by atoms with Gasteiger partial charge >= 0.3 is 5.97 Å². The number of benzene rings is 1. The van der Waals surface area contributed by atoms with Crippen LogP contribution in [0.1, 0.15) is 22.3 Å². The van der Waals surface area contributed by atoms with Gasteiger partial charge in [-0.05, 0) is 18.2 Å². The maximum Gasteiger partial charge on any atom is 0.341 e. The number of phenolic OH excluding ortho intramolecular Hbond substituents is 1. The van der Waals surface area contributed by atoms with Crippen LogP contribution in [0, 0.1) is 11.8 Å². The van der Waals surface area contributed by atoms with Crippen molar-refractivity contribution in [3.8, 4) is 17.6 Å². The molecule has 0 aliphatic heterocycles. The van der Waals surface area contributed by atoms with E-state index in [4.69, 9.17) is 0 Å². The van der Waals surface area contributed by atoms with E-state index in [1.54, 1.807) is 6.07 Å². The Hall–Kier alpha value is -1.60. The van der Waals surface area contributed by atoms with Crippen molar-refractivity contribution in [3.63, 3.8) is 0 Å². The molecular weight excluding hydrogens is 224 g/mol. The first-order valence-electron chi connectivity index (χ1n) is 4.70. The molecule has 0 radical (unpaired) electrons. The number of carbonyl (C=O) groups is 1. The number of methoxy groups -OCH3 is 1. The van der Waals surface area contributed by atoms with Crippen LogP contribution in [0.15, 0.2) is 18.2 Å². The van der Waals surface area contributed by atoms with Gasteiger partial charge in [-0.2, -0.15) is 12.6 Å². The molecule has 0 unspecified atom stereocenters. The lowest BCUT2D eigenvalue weighted by Gasteiger charge is -2.02. The first kappa shape index (κ1) is 12.5. The van der Waals surface area contributed by atoms with Crippen molar-refractivity contribution < 1.29 is 14.6 Å². The minimum Gasteiger partial charge on any atom is -0.507 e. The highest BCUT2D eigenvalue weighted by Crippen LogP contribution is 2.18. The van der Waals surface area contributed by atoms with Gasteiger partial charge in [0.2, 0.25) is 0 Å². The van der Waals surface area contributed by atoms with Crippen LogP contribution in [-0.4, -0.2) is 23.9 Å². The van der Waals surface area contributed by atoms with E-state index in [1.807, 2.05) is 0 Å². The number of rotatable bonds is 2. The van der Waals surface area contributed by atoms with Crippen LogP contribution >= 0.6 is 12.6 Å². The van der Waals surface area contributed by atoms with E-state index in [-0.39, 0.29) is 11.3 Å². The van der Waals surface area contributed by atoms with Crippen molar-refractivity contribution in [1.82, 2.24) is 0 Å². The third-order valence-corrected chi connectivity index (χ3v) is 2.09. The van der Waals surface area contributed by atoms with E-state index in [1.165, 1.54) is 19.2 Å². The lowest BCUT2D eigenvalue weighted by molar-refractivity contribution is 0.0597. The Morgan fingerprint density at radius 3 is 2.94 bits per heavy atom. The van der Waals surface area contributed by atoms with Crippen LogP contribution in [0.2, 0.25) is 0 Å². The van der Waals surface area contributed by atoms with E-state index in [0.717, 1.165) is 0 Å². The fourth-order valence-corrected chi connectivity index (χ4v) is 1.22. The van der Waals surface area contributed by atoms with Gasteiger partial charge in [-0.1, -0.05) is 11.8 Å². The summed E-state index contributed by atoms with van der Waals surface area (Å²) < 4.78 is 4.54. The van der Waals surface area contributed by atoms with Crippen molar-refractivity contribution >= 4 is 18.6 Å². The summed E-state index contributed by atoms with van der Waals surface area (Å²) in [7, 11) is 1.26. The van der Waals surface area contributed by atoms with Crippen LogP contribution in [0.25, 0.3) is 0 Å². The minimum atomic E-state index is -0.574. The smallest absolute Gasteiger partial charge is 0.341 e. The van der Waals surface area contributed by atoms with Crippen LogP contribution in [-0.2, 0) is 4.74 Å². The molecule has 0 saturated carbocycles. The van der Waals surface area contributed by atoms with Gasteiger partial charge < -0.3 is 9.84 Å². The van der Waals surface area contributed by atoms with E-state index in [9.17, 15) is 9.90 Å². The molecule has 1 rings (SSSR count). The molecule has 0 fully saturated rings. The van der Waals surface area contributed by atoms with Crippen molar-refractivity contribution in [1.29, 1.82) is 0 Å². The summed E-state index contributed by atoms with van der Waals surface area (Å²) >= 11 is 4.03. The van der Waals surface area contributed by atoms with Crippen molar-refractivity contribution in [3.05, 3.63) is 29.3 Å². The van der Waals surface area contributed by atoms with Gasteiger partial charge in [0.05, 0.1) is 7.11 Å². The maximum atomic E-state index is 11.3. The molecule has 84 valence electrons. The number of thiol groups is 1. The fraction of sp³-hybridized carbons (Fsp3) is 0.250. The third-order valence-electron chi connectivity index (χ3n) is 1.87. The average Bonchev–Trinajstić information content (AvgIpc) is 2.30. The first-order valence-corrected chi connectivity index (χ1v) is 5.33. The Bertz CT molecular complexity index is 443. The largest absolute Gasteiger partial charge is 0.507 e. The molecule has 0 spiro atoms. The highest BCUT2D eigenvalue weighted by atomic mass is 32.1. The van der Waals surface area contributed by atoms with Gasteiger partial charge in [-0.3, -0.25) is 0 Å². The number of carbonyl (C=O) groups excluding carboxylic acids is 1. The van der Waals surface area contributed by atoms with E-state index in [0.29, 0.717) is 17.7 Å². The highest BCUT2D eigenvalue weighted by Gasteiger charge is 2.11. The molecular formula is C12H12O3S. The normalized spacial score (nSPS) is 9.12. The standard InChI is InChI=1S/C12H12O3S/c1-15-12(14)10-8-9(4-2-3-7-16)5-6-11(10)13/h5-6,8,13,16H,3,7H2,1H3. The SMILES string of the molecule is COC(=O)c1cc(C#CCCS)ccc1O. The number of esters is 1. The summed E-state index contributed by atoms with van der Waals surface area (Å²) in [5.41, 5.74) is 0.792. The second kappa shape index (κ2) is 6.09. The summed E-state index contributed by atoms with van der Waals surface area (Å²) in [6.45, 7) is 0. The monoisotopic (exact) mass is 236 g/mol. The molecule has 1 N–H and O–H groups in total. The molecule has 0 aromatic heterocycles. The molecule has 0 bridgehead atoms. The van der Waals surface area contributed by atoms with Gasteiger partial charge in [0.1, 0.15) is 11.3 Å². The van der Waals surface area contributed by atoms with Crippen LogP contribution in [0.3, 0.4) is 0 Å². The van der Waals surface area contributed by atoms with Crippen molar-refractivity contribution in [2.45, 2.75) is 6.42 Å². The fourth-order valence-electron chi connectivity index (χ4n) is 1.11. The first-order chi connectivity index (χ1) is 7.69. The number of aromatic hydroxyl groups is 1. The molecule has 1 aromatic carbocycles. The zero-order valence-electron chi connectivity index (χ0n) is 8.86. The highest BCUT2D eigenvalue weighted by molar-refractivity contribution is 7.80. The molecule has 0 saturated heterocycles. The van der Waals surface area contributed by atoms with E-state index < -0.39 is 5.97 Å². The predicted molar refractivity (Wildman–Crippen MR) is 64.8 cm³/mol. The molecule has 1 aromatic rings. The summed E-state index contributed by atoms with van der Waals surface area (Å²) in [6.07, 6.45) is 0.678. The van der Waals surface area contributed by atoms with Gasteiger partial charge in [0.15, 0.2) is 0 Å². The van der Waals surface area contributed by atoms with E-state index in [2.05, 4.69) is 29.2 Å².